The molecule has 0 saturated heterocycles. The van der Waals surface area contributed by atoms with Gasteiger partial charge in [0.1, 0.15) is 0 Å². The lowest BCUT2D eigenvalue weighted by molar-refractivity contribution is 0.112. The third kappa shape index (κ3) is 2.35. The number of hydrogen-bond donors (Lipinski definition) is 2. The number of hydrogen-bond acceptors (Lipinski definition) is 4. The van der Waals surface area contributed by atoms with Gasteiger partial charge in [-0.15, -0.1) is 0 Å². The molecule has 1 rings (SSSR count). The minimum Gasteiger partial charge on any atom is -0.504 e. The van der Waals surface area contributed by atoms with Crippen LogP contribution in [0.4, 0.5) is 0 Å². The number of carbonyl (C=O) groups excluding carboxylic acids is 1. The van der Waals surface area contributed by atoms with Crippen LogP contribution >= 0.6 is 0 Å². The van der Waals surface area contributed by atoms with E-state index in [-0.39, 0.29) is 5.75 Å². The van der Waals surface area contributed by atoms with Crippen LogP contribution in [-0.4, -0.2) is 25.0 Å². The van der Waals surface area contributed by atoms with Gasteiger partial charge in [-0.2, -0.15) is 0 Å². The summed E-state index contributed by atoms with van der Waals surface area (Å²) in [6, 6.07) is 3.13. The van der Waals surface area contributed by atoms with E-state index in [1.54, 1.807) is 24.3 Å². The molecule has 0 bridgehead atoms. The van der Waals surface area contributed by atoms with Gasteiger partial charge in [-0.3, -0.25) is 4.79 Å². The molecule has 3 N–H and O–H groups in total. The second kappa shape index (κ2) is 5.17. The lowest BCUT2D eigenvalue weighted by Gasteiger charge is -2.07. The monoisotopic (exact) mass is 207 g/mol. The van der Waals surface area contributed by atoms with E-state index in [9.17, 15) is 9.90 Å². The molecule has 0 fully saturated rings. The number of rotatable bonds is 4. The van der Waals surface area contributed by atoms with E-state index in [0.29, 0.717) is 29.7 Å². The Kier molecular flexibility index (Phi) is 3.88. The predicted molar refractivity (Wildman–Crippen MR) is 58.1 cm³/mol. The number of phenolic OH excluding ortho intramolecular Hbond substituents is 1. The summed E-state index contributed by atoms with van der Waals surface area (Å²) >= 11 is 0. The fraction of sp³-hybridized carbons (Fsp3) is 0.182. The second-order valence-electron chi connectivity index (χ2n) is 2.88. The zero-order valence-electron chi connectivity index (χ0n) is 8.43. The molecule has 0 aromatic heterocycles. The molecule has 0 heterocycles. The van der Waals surface area contributed by atoms with Crippen molar-refractivity contribution in [1.29, 1.82) is 0 Å². The van der Waals surface area contributed by atoms with Gasteiger partial charge >= 0.3 is 0 Å². The third-order valence-corrected chi connectivity index (χ3v) is 1.98. The maximum atomic E-state index is 10.7. The van der Waals surface area contributed by atoms with Crippen molar-refractivity contribution in [3.63, 3.8) is 0 Å². The molecule has 0 aliphatic carbocycles. The summed E-state index contributed by atoms with van der Waals surface area (Å²) in [6.07, 6.45) is 3.93. The topological polar surface area (TPSA) is 72.5 Å². The average molecular weight is 207 g/mol. The number of ether oxygens (including phenoxy) is 1. The van der Waals surface area contributed by atoms with Gasteiger partial charge in [0.2, 0.25) is 0 Å². The van der Waals surface area contributed by atoms with Crippen LogP contribution in [0.15, 0.2) is 18.2 Å². The number of nitrogens with two attached hydrogens (primary N) is 1. The van der Waals surface area contributed by atoms with Crippen molar-refractivity contribution in [3.05, 3.63) is 29.3 Å². The summed E-state index contributed by atoms with van der Waals surface area (Å²) in [4.78, 5) is 10.7. The first-order valence-electron chi connectivity index (χ1n) is 4.46. The maximum Gasteiger partial charge on any atom is 0.165 e. The van der Waals surface area contributed by atoms with Crippen LogP contribution in [0.2, 0.25) is 0 Å². The Morgan fingerprint density at radius 2 is 2.27 bits per heavy atom. The van der Waals surface area contributed by atoms with Crippen LogP contribution in [0.3, 0.4) is 0 Å². The molecule has 4 heteroatoms. The van der Waals surface area contributed by atoms with Crippen LogP contribution < -0.4 is 10.5 Å². The standard InChI is InChI=1S/C11H13NO3/c1-15-10-5-4-8(7-13)9(11(10)14)3-2-6-12/h2-5,7,14H,6,12H2,1H3. The van der Waals surface area contributed by atoms with Crippen LogP contribution in [0.5, 0.6) is 11.5 Å². The van der Waals surface area contributed by atoms with Crippen LogP contribution in [-0.2, 0) is 0 Å². The Morgan fingerprint density at radius 3 is 2.80 bits per heavy atom. The minimum absolute atomic E-state index is 0.0493. The summed E-state index contributed by atoms with van der Waals surface area (Å²) < 4.78 is 4.93. The molecular formula is C11H13NO3. The van der Waals surface area contributed by atoms with Gasteiger partial charge < -0.3 is 15.6 Å². The first-order chi connectivity index (χ1) is 7.24. The third-order valence-electron chi connectivity index (χ3n) is 1.98. The summed E-state index contributed by atoms with van der Waals surface area (Å²) in [5.41, 5.74) is 6.13. The first kappa shape index (κ1) is 11.3. The van der Waals surface area contributed by atoms with E-state index >= 15 is 0 Å². The maximum absolute atomic E-state index is 10.7. The smallest absolute Gasteiger partial charge is 0.165 e. The number of aromatic hydroxyl groups is 1. The Labute approximate surface area is 88.0 Å². The van der Waals surface area contributed by atoms with Crippen LogP contribution in [0.25, 0.3) is 6.08 Å². The SMILES string of the molecule is COc1ccc(C=O)c(C=CCN)c1O. The molecule has 0 unspecified atom stereocenters. The molecule has 0 aliphatic heterocycles. The molecule has 0 amide bonds. The highest BCUT2D eigenvalue weighted by atomic mass is 16.5. The van der Waals surface area contributed by atoms with Crippen molar-refractivity contribution in [1.82, 2.24) is 0 Å². The zero-order valence-corrected chi connectivity index (χ0v) is 8.43. The van der Waals surface area contributed by atoms with Crippen molar-refractivity contribution in [2.24, 2.45) is 5.73 Å². The number of benzene rings is 1. The zero-order chi connectivity index (χ0) is 11.3. The van der Waals surface area contributed by atoms with Gasteiger partial charge in [0, 0.05) is 17.7 Å². The van der Waals surface area contributed by atoms with Crippen molar-refractivity contribution < 1.29 is 14.6 Å². The van der Waals surface area contributed by atoms with E-state index in [1.807, 2.05) is 0 Å². The molecule has 0 atom stereocenters. The molecule has 0 aliphatic rings. The normalized spacial score (nSPS) is 10.5. The fourth-order valence-corrected chi connectivity index (χ4v) is 1.23. The lowest BCUT2D eigenvalue weighted by Crippen LogP contribution is -1.94. The Balaban J connectivity index is 3.28. The number of aldehydes is 1. The predicted octanol–water partition coefficient (Wildman–Crippen LogP) is 1.19. The molecule has 0 radical (unpaired) electrons. The summed E-state index contributed by atoms with van der Waals surface area (Å²) in [6.45, 7) is 0.342. The molecule has 1 aromatic rings. The lowest BCUT2D eigenvalue weighted by atomic mass is 10.1. The summed E-state index contributed by atoms with van der Waals surface area (Å²) in [5, 5.41) is 9.75. The van der Waals surface area contributed by atoms with Gasteiger partial charge in [-0.05, 0) is 12.1 Å². The van der Waals surface area contributed by atoms with E-state index in [1.165, 1.54) is 7.11 Å². The largest absolute Gasteiger partial charge is 0.504 e. The van der Waals surface area contributed by atoms with Gasteiger partial charge in [0.25, 0.3) is 0 Å². The highest BCUT2D eigenvalue weighted by molar-refractivity contribution is 5.85. The molecule has 1 aromatic carbocycles. The van der Waals surface area contributed by atoms with Crippen molar-refractivity contribution >= 4 is 12.4 Å². The van der Waals surface area contributed by atoms with Gasteiger partial charge in [-0.1, -0.05) is 12.2 Å². The quantitative estimate of drug-likeness (QED) is 0.727. The Morgan fingerprint density at radius 1 is 1.53 bits per heavy atom. The number of carbonyl (C=O) groups is 1. The second-order valence-corrected chi connectivity index (χ2v) is 2.88. The highest BCUT2D eigenvalue weighted by Crippen LogP contribution is 2.32. The molecule has 0 saturated carbocycles. The summed E-state index contributed by atoms with van der Waals surface area (Å²) in [5.74, 6) is 0.282. The van der Waals surface area contributed by atoms with E-state index < -0.39 is 0 Å². The van der Waals surface area contributed by atoms with Gasteiger partial charge in [-0.25, -0.2) is 0 Å². The Bertz CT molecular complexity index is 386. The van der Waals surface area contributed by atoms with Gasteiger partial charge in [0.05, 0.1) is 7.11 Å². The highest BCUT2D eigenvalue weighted by Gasteiger charge is 2.09. The minimum atomic E-state index is -0.0493. The average Bonchev–Trinajstić information content (AvgIpc) is 2.27. The van der Waals surface area contributed by atoms with Crippen LogP contribution in [0.1, 0.15) is 15.9 Å². The number of phenols is 1. The first-order valence-corrected chi connectivity index (χ1v) is 4.46. The molecule has 15 heavy (non-hydrogen) atoms. The van der Waals surface area contributed by atoms with Crippen molar-refractivity contribution in [2.75, 3.05) is 13.7 Å². The molecular weight excluding hydrogens is 194 g/mol. The number of methoxy groups -OCH3 is 1. The van der Waals surface area contributed by atoms with E-state index in [4.69, 9.17) is 10.5 Å². The van der Waals surface area contributed by atoms with E-state index in [0.717, 1.165) is 0 Å². The Hall–Kier alpha value is -1.81. The van der Waals surface area contributed by atoms with Crippen molar-refractivity contribution in [2.45, 2.75) is 0 Å². The van der Waals surface area contributed by atoms with E-state index in [2.05, 4.69) is 0 Å². The fourth-order valence-electron chi connectivity index (χ4n) is 1.23. The summed E-state index contributed by atoms with van der Waals surface area (Å²) in [7, 11) is 1.45. The molecule has 80 valence electrons. The van der Waals surface area contributed by atoms with Crippen LogP contribution in [0, 0.1) is 0 Å². The van der Waals surface area contributed by atoms with Gasteiger partial charge in [0.15, 0.2) is 17.8 Å². The molecule has 4 nitrogen and oxygen atoms in total. The molecule has 0 spiro atoms. The van der Waals surface area contributed by atoms with Crippen molar-refractivity contribution in [3.8, 4) is 11.5 Å².